The van der Waals surface area contributed by atoms with Crippen molar-refractivity contribution in [2.75, 3.05) is 5.06 Å². The van der Waals surface area contributed by atoms with E-state index in [2.05, 4.69) is 116 Å². The zero-order valence-electron chi connectivity index (χ0n) is 32.3. The van der Waals surface area contributed by atoms with Crippen LogP contribution in [0.4, 0.5) is 11.4 Å². The van der Waals surface area contributed by atoms with Gasteiger partial charge in [-0.25, -0.2) is 4.79 Å². The van der Waals surface area contributed by atoms with Gasteiger partial charge >= 0.3 is 5.97 Å². The molecule has 0 atom stereocenters. The van der Waals surface area contributed by atoms with E-state index >= 15 is 0 Å². The highest BCUT2D eigenvalue weighted by atomic mass is 16.7. The average Bonchev–Trinajstić information content (AvgIpc) is 3.06. The molecule has 4 nitrogen and oxygen atoms in total. The van der Waals surface area contributed by atoms with Crippen LogP contribution in [0.5, 0.6) is 5.75 Å². The Hall–Kier alpha value is -3.27. The Bertz CT molecular complexity index is 1300. The Morgan fingerprint density at radius 2 is 0.959 bits per heavy atom. The number of benzene rings is 3. The minimum atomic E-state index is -0.282. The minimum absolute atomic E-state index is 0.222. The van der Waals surface area contributed by atoms with Crippen molar-refractivity contribution in [1.82, 2.24) is 0 Å². The molecule has 0 aliphatic carbocycles. The van der Waals surface area contributed by atoms with Crippen LogP contribution in [0.25, 0.3) is 0 Å². The van der Waals surface area contributed by atoms with E-state index in [0.29, 0.717) is 12.2 Å². The molecule has 3 aromatic rings. The molecule has 3 rings (SSSR count). The molecule has 4 heteroatoms. The van der Waals surface area contributed by atoms with Crippen LogP contribution in [0, 0.1) is 0 Å². The number of carbonyl (C=O) groups is 1. The summed E-state index contributed by atoms with van der Waals surface area (Å²) in [6, 6.07) is 21.1. The highest BCUT2D eigenvalue weighted by Gasteiger charge is 2.27. The van der Waals surface area contributed by atoms with E-state index in [4.69, 9.17) is 4.84 Å². The van der Waals surface area contributed by atoms with Gasteiger partial charge in [0.15, 0.2) is 0 Å². The van der Waals surface area contributed by atoms with Crippen molar-refractivity contribution in [3.63, 3.8) is 0 Å². The van der Waals surface area contributed by atoms with Gasteiger partial charge in [0.1, 0.15) is 5.75 Å². The largest absolute Gasteiger partial charge is 0.507 e. The summed E-state index contributed by atoms with van der Waals surface area (Å²) < 4.78 is 0. The van der Waals surface area contributed by atoms with E-state index in [1.54, 1.807) is 5.06 Å². The average molecular weight is 670 g/mol. The number of carbonyl (C=O) groups excluding carboxylic acids is 1. The van der Waals surface area contributed by atoms with Crippen LogP contribution in [-0.4, -0.2) is 11.1 Å². The van der Waals surface area contributed by atoms with Crippen molar-refractivity contribution in [2.24, 2.45) is 0 Å². The van der Waals surface area contributed by atoms with Crippen LogP contribution in [0.15, 0.2) is 60.7 Å². The lowest BCUT2D eigenvalue weighted by molar-refractivity contribution is -0.143. The third-order valence-electron chi connectivity index (χ3n) is 9.58. The first kappa shape index (κ1) is 40.2. The maximum absolute atomic E-state index is 13.5. The zero-order valence-corrected chi connectivity index (χ0v) is 32.3. The Kier molecular flexibility index (Phi) is 16.2. The first-order valence-corrected chi connectivity index (χ1v) is 19.4. The fourth-order valence-corrected chi connectivity index (χ4v) is 6.45. The quantitative estimate of drug-likeness (QED) is 0.0961. The molecule has 0 aromatic heterocycles. The molecular weight excluding hydrogens is 602 g/mol. The zero-order chi connectivity index (χ0) is 35.9. The Labute approximate surface area is 299 Å². The predicted molar refractivity (Wildman–Crippen MR) is 209 cm³/mol. The van der Waals surface area contributed by atoms with Gasteiger partial charge in [0.25, 0.3) is 0 Å². The van der Waals surface area contributed by atoms with Crippen molar-refractivity contribution >= 4 is 17.3 Å². The van der Waals surface area contributed by atoms with Crippen LogP contribution in [0.3, 0.4) is 0 Å². The molecule has 0 aliphatic heterocycles. The number of aryl methyl sites for hydroxylation is 3. The molecule has 1 N–H and O–H groups in total. The number of unbranched alkanes of at least 4 members (excludes halogenated alkanes) is 10. The third kappa shape index (κ3) is 13.5. The topological polar surface area (TPSA) is 49.8 Å². The van der Waals surface area contributed by atoms with Gasteiger partial charge in [-0.15, -0.1) is 0 Å². The molecular formula is C45H67NO3. The summed E-state index contributed by atoms with van der Waals surface area (Å²) in [4.78, 5) is 19.7. The molecule has 270 valence electrons. The number of anilines is 2. The molecule has 0 spiro atoms. The van der Waals surface area contributed by atoms with Gasteiger partial charge in [-0.2, -0.15) is 5.06 Å². The highest BCUT2D eigenvalue weighted by Crippen LogP contribution is 2.40. The molecule has 0 bridgehead atoms. The smallest absolute Gasteiger partial charge is 0.333 e. The fourth-order valence-electron chi connectivity index (χ4n) is 6.45. The molecule has 49 heavy (non-hydrogen) atoms. The van der Waals surface area contributed by atoms with Crippen molar-refractivity contribution in [3.8, 4) is 5.75 Å². The van der Waals surface area contributed by atoms with E-state index in [0.717, 1.165) is 40.9 Å². The van der Waals surface area contributed by atoms with Crippen molar-refractivity contribution in [3.05, 3.63) is 88.5 Å². The molecule has 0 heterocycles. The van der Waals surface area contributed by atoms with E-state index in [-0.39, 0.29) is 23.2 Å². The molecule has 0 unspecified atom stereocenters. The van der Waals surface area contributed by atoms with Crippen LogP contribution in [-0.2, 0) is 39.7 Å². The summed E-state index contributed by atoms with van der Waals surface area (Å²) in [5, 5.41) is 12.9. The Balaban J connectivity index is 1.75. The molecule has 0 radical (unpaired) electrons. The molecule has 0 aliphatic rings. The number of phenolic OH excluding ortho intramolecular Hbond substituents is 1. The van der Waals surface area contributed by atoms with Gasteiger partial charge in [-0.1, -0.05) is 156 Å². The van der Waals surface area contributed by atoms with Crippen molar-refractivity contribution in [1.29, 1.82) is 0 Å². The summed E-state index contributed by atoms with van der Waals surface area (Å²) in [5.74, 6) is 0.0763. The highest BCUT2D eigenvalue weighted by molar-refractivity contribution is 5.74. The third-order valence-corrected chi connectivity index (χ3v) is 9.58. The standard InChI is InChI=1S/C45H67NO3/c1-9-11-13-15-17-19-21-35-23-28-38(29-24-35)46(39-30-25-36(26-31-39)22-20-18-16-14-12-10-2)49-42(47)32-27-37-33-40(44(3,4)5)43(48)41(34-37)45(6,7)8/h23-26,28-31,33-34,48H,9-22,27,32H2,1-8H3. The number of nitrogens with zero attached hydrogens (tertiary/aromatic N) is 1. The minimum Gasteiger partial charge on any atom is -0.507 e. The van der Waals surface area contributed by atoms with Crippen LogP contribution in [0.2, 0.25) is 0 Å². The monoisotopic (exact) mass is 670 g/mol. The van der Waals surface area contributed by atoms with E-state index in [1.807, 2.05) is 0 Å². The van der Waals surface area contributed by atoms with E-state index < -0.39 is 0 Å². The second-order valence-electron chi connectivity index (χ2n) is 16.2. The molecule has 0 saturated heterocycles. The van der Waals surface area contributed by atoms with Gasteiger partial charge in [0, 0.05) is 0 Å². The van der Waals surface area contributed by atoms with E-state index in [9.17, 15) is 9.90 Å². The Morgan fingerprint density at radius 1 is 0.571 bits per heavy atom. The summed E-state index contributed by atoms with van der Waals surface area (Å²) in [5.41, 5.74) is 6.73. The summed E-state index contributed by atoms with van der Waals surface area (Å²) >= 11 is 0. The molecule has 0 amide bonds. The predicted octanol–water partition coefficient (Wildman–Crippen LogP) is 13.0. The fraction of sp³-hybridized carbons (Fsp3) is 0.578. The molecule has 0 fully saturated rings. The Morgan fingerprint density at radius 3 is 1.35 bits per heavy atom. The van der Waals surface area contributed by atoms with Gasteiger partial charge in [-0.3, -0.25) is 0 Å². The maximum Gasteiger partial charge on any atom is 0.333 e. The lowest BCUT2D eigenvalue weighted by atomic mass is 9.78. The van der Waals surface area contributed by atoms with Crippen molar-refractivity contribution in [2.45, 2.75) is 169 Å². The lowest BCUT2D eigenvalue weighted by Crippen LogP contribution is -2.23. The van der Waals surface area contributed by atoms with Gasteiger partial charge < -0.3 is 9.94 Å². The second kappa shape index (κ2) is 19.8. The van der Waals surface area contributed by atoms with Gasteiger partial charge in [0.2, 0.25) is 0 Å². The summed E-state index contributed by atoms with van der Waals surface area (Å²) in [6.45, 7) is 17.2. The van der Waals surface area contributed by atoms with Crippen LogP contribution < -0.4 is 5.06 Å². The molecule has 3 aromatic carbocycles. The van der Waals surface area contributed by atoms with Crippen LogP contribution >= 0.6 is 0 Å². The second-order valence-corrected chi connectivity index (χ2v) is 16.2. The number of phenols is 1. The molecule has 0 saturated carbocycles. The summed E-state index contributed by atoms with van der Waals surface area (Å²) in [7, 11) is 0. The van der Waals surface area contributed by atoms with Crippen LogP contribution in [0.1, 0.15) is 167 Å². The number of rotatable bonds is 20. The lowest BCUT2D eigenvalue weighted by Gasteiger charge is -2.28. The first-order valence-electron chi connectivity index (χ1n) is 19.4. The van der Waals surface area contributed by atoms with Gasteiger partial charge in [0.05, 0.1) is 17.8 Å². The number of hydrogen-bond acceptors (Lipinski definition) is 4. The first-order chi connectivity index (χ1) is 23.3. The maximum atomic E-state index is 13.5. The number of hydrogen-bond donors (Lipinski definition) is 1. The van der Waals surface area contributed by atoms with Gasteiger partial charge in [-0.05, 0) is 95.0 Å². The summed E-state index contributed by atoms with van der Waals surface area (Å²) in [6.07, 6.45) is 18.3. The SMILES string of the molecule is CCCCCCCCc1ccc(N(OC(=O)CCc2cc(C(C)(C)C)c(O)c(C(C)(C)C)c2)c2ccc(CCCCCCCC)cc2)cc1. The normalized spacial score (nSPS) is 11.9. The van der Waals surface area contributed by atoms with E-state index in [1.165, 1.54) is 88.2 Å². The van der Waals surface area contributed by atoms with Crippen molar-refractivity contribution < 1.29 is 14.7 Å². The number of aromatic hydroxyl groups is 1.